The summed E-state index contributed by atoms with van der Waals surface area (Å²) in [5.41, 5.74) is -0.833. The molecular weight excluding hydrogens is 306 g/mol. The van der Waals surface area contributed by atoms with Crippen LogP contribution in [0.25, 0.3) is 0 Å². The molecule has 1 amide bonds. The number of alkyl carbamates (subject to hydrolysis) is 1. The molecule has 0 aliphatic carbocycles. The second kappa shape index (κ2) is 7.62. The molecule has 0 aromatic rings. The number of amides is 1. The Balaban J connectivity index is 4.87. The number of rotatable bonds is 7. The largest absolute Gasteiger partial charge is 0.481 e. The summed E-state index contributed by atoms with van der Waals surface area (Å²) in [7, 11) is -1.37. The van der Waals surface area contributed by atoms with Gasteiger partial charge in [-0.2, -0.15) is 0 Å². The molecule has 0 aliphatic heterocycles. The molecule has 1 unspecified atom stereocenters. The van der Waals surface area contributed by atoms with Crippen molar-refractivity contribution in [3.63, 3.8) is 0 Å². The van der Waals surface area contributed by atoms with Crippen LogP contribution in [0.5, 0.6) is 0 Å². The summed E-state index contributed by atoms with van der Waals surface area (Å²) in [6, 6.07) is -0.795. The summed E-state index contributed by atoms with van der Waals surface area (Å²) in [6.07, 6.45) is -0.902. The average molecular weight is 333 g/mol. The minimum absolute atomic E-state index is 0.196. The van der Waals surface area contributed by atoms with E-state index in [1.54, 1.807) is 20.8 Å². The van der Waals surface area contributed by atoms with Crippen LogP contribution in [-0.4, -0.2) is 49.0 Å². The maximum absolute atomic E-state index is 11.7. The van der Waals surface area contributed by atoms with Crippen molar-refractivity contribution in [3.8, 4) is 0 Å². The lowest BCUT2D eigenvalue weighted by Gasteiger charge is -2.31. The number of carboxylic acids is 2. The van der Waals surface area contributed by atoms with E-state index < -0.39 is 43.5 Å². The van der Waals surface area contributed by atoms with Crippen molar-refractivity contribution >= 4 is 26.1 Å². The first-order chi connectivity index (χ1) is 9.75. The Morgan fingerprint density at radius 3 is 1.91 bits per heavy atom. The fourth-order valence-corrected chi connectivity index (χ4v) is 2.63. The highest BCUT2D eigenvalue weighted by molar-refractivity contribution is 6.76. The first kappa shape index (κ1) is 20.4. The summed E-state index contributed by atoms with van der Waals surface area (Å²) in [4.78, 5) is 34.4. The maximum Gasteiger partial charge on any atom is 0.407 e. The highest BCUT2D eigenvalue weighted by Crippen LogP contribution is 2.29. The molecule has 22 heavy (non-hydrogen) atoms. The SMILES string of the molecule is CC(C)(C)C(C(=O)O)[C@H](NC(=O)OCC[Si](C)(C)C)C(=O)O. The topological polar surface area (TPSA) is 113 Å². The average Bonchev–Trinajstić information content (AvgIpc) is 2.23. The van der Waals surface area contributed by atoms with Gasteiger partial charge in [0.05, 0.1) is 12.5 Å². The van der Waals surface area contributed by atoms with Gasteiger partial charge < -0.3 is 20.3 Å². The van der Waals surface area contributed by atoms with Crippen molar-refractivity contribution < 1.29 is 29.3 Å². The summed E-state index contributed by atoms with van der Waals surface area (Å²) in [5.74, 6) is -3.94. The van der Waals surface area contributed by atoms with E-state index in [9.17, 15) is 24.6 Å². The maximum atomic E-state index is 11.7. The zero-order valence-corrected chi connectivity index (χ0v) is 15.1. The first-order valence-corrected chi connectivity index (χ1v) is 10.9. The molecule has 0 bridgehead atoms. The van der Waals surface area contributed by atoms with Gasteiger partial charge in [-0.15, -0.1) is 0 Å². The van der Waals surface area contributed by atoms with Crippen molar-refractivity contribution in [2.75, 3.05) is 6.61 Å². The number of aliphatic carboxylic acids is 2. The fourth-order valence-electron chi connectivity index (χ4n) is 1.92. The Morgan fingerprint density at radius 1 is 1.09 bits per heavy atom. The second-order valence-corrected chi connectivity index (χ2v) is 13.2. The highest BCUT2D eigenvalue weighted by atomic mass is 28.3. The molecule has 0 aliphatic rings. The van der Waals surface area contributed by atoms with Crippen LogP contribution in [0.4, 0.5) is 4.79 Å². The summed E-state index contributed by atoms with van der Waals surface area (Å²) in [5, 5.41) is 20.7. The highest BCUT2D eigenvalue weighted by Gasteiger charge is 2.43. The minimum atomic E-state index is -1.54. The molecular formula is C14H27NO6Si. The lowest BCUT2D eigenvalue weighted by molar-refractivity contribution is -0.155. The Hall–Kier alpha value is -1.57. The van der Waals surface area contributed by atoms with Crippen LogP contribution in [0.1, 0.15) is 20.8 Å². The third kappa shape index (κ3) is 7.44. The van der Waals surface area contributed by atoms with Crippen LogP contribution in [0, 0.1) is 11.3 Å². The lowest BCUT2D eigenvalue weighted by atomic mass is 9.76. The second-order valence-electron chi connectivity index (χ2n) is 7.59. The van der Waals surface area contributed by atoms with Gasteiger partial charge in [-0.05, 0) is 11.5 Å². The fraction of sp³-hybridized carbons (Fsp3) is 0.786. The zero-order valence-electron chi connectivity index (χ0n) is 14.1. The summed E-state index contributed by atoms with van der Waals surface area (Å²) in [6.45, 7) is 11.4. The monoisotopic (exact) mass is 333 g/mol. The molecule has 0 radical (unpaired) electrons. The molecule has 128 valence electrons. The number of ether oxygens (including phenoxy) is 1. The number of carboxylic acid groups (broad SMARTS) is 2. The van der Waals surface area contributed by atoms with Gasteiger partial charge in [-0.1, -0.05) is 40.4 Å². The van der Waals surface area contributed by atoms with Gasteiger partial charge in [0.25, 0.3) is 0 Å². The third-order valence-electron chi connectivity index (χ3n) is 3.16. The van der Waals surface area contributed by atoms with E-state index in [1.807, 2.05) is 0 Å². The van der Waals surface area contributed by atoms with Crippen molar-refractivity contribution in [3.05, 3.63) is 0 Å². The van der Waals surface area contributed by atoms with Gasteiger partial charge in [0.15, 0.2) is 0 Å². The molecule has 0 saturated heterocycles. The smallest absolute Gasteiger partial charge is 0.407 e. The van der Waals surface area contributed by atoms with Crippen LogP contribution in [0.3, 0.4) is 0 Å². The molecule has 8 heteroatoms. The predicted octanol–water partition coefficient (Wildman–Crippen LogP) is 2.25. The van der Waals surface area contributed by atoms with E-state index in [0.717, 1.165) is 6.04 Å². The lowest BCUT2D eigenvalue weighted by Crippen LogP contribution is -2.53. The minimum Gasteiger partial charge on any atom is -0.481 e. The normalized spacial score (nSPS) is 14.8. The third-order valence-corrected chi connectivity index (χ3v) is 4.86. The van der Waals surface area contributed by atoms with E-state index in [-0.39, 0.29) is 6.61 Å². The van der Waals surface area contributed by atoms with Crippen LogP contribution in [-0.2, 0) is 14.3 Å². The van der Waals surface area contributed by atoms with E-state index >= 15 is 0 Å². The summed E-state index contributed by atoms with van der Waals surface area (Å²) >= 11 is 0. The molecule has 0 spiro atoms. The van der Waals surface area contributed by atoms with Crippen LogP contribution in [0.2, 0.25) is 25.7 Å². The van der Waals surface area contributed by atoms with Crippen molar-refractivity contribution in [2.45, 2.75) is 52.5 Å². The molecule has 3 N–H and O–H groups in total. The number of nitrogens with one attached hydrogen (secondary N) is 1. The van der Waals surface area contributed by atoms with Crippen LogP contribution >= 0.6 is 0 Å². The Morgan fingerprint density at radius 2 is 1.59 bits per heavy atom. The van der Waals surface area contributed by atoms with Gasteiger partial charge in [0.2, 0.25) is 0 Å². The van der Waals surface area contributed by atoms with Crippen molar-refractivity contribution in [2.24, 2.45) is 11.3 Å². The van der Waals surface area contributed by atoms with E-state index in [2.05, 4.69) is 25.0 Å². The molecule has 0 saturated carbocycles. The van der Waals surface area contributed by atoms with Gasteiger partial charge in [0, 0.05) is 8.07 Å². The van der Waals surface area contributed by atoms with Gasteiger partial charge in [0.1, 0.15) is 6.04 Å². The van der Waals surface area contributed by atoms with Crippen molar-refractivity contribution in [1.82, 2.24) is 5.32 Å². The van der Waals surface area contributed by atoms with E-state index in [4.69, 9.17) is 4.74 Å². The molecule has 0 aromatic heterocycles. The van der Waals surface area contributed by atoms with Crippen molar-refractivity contribution in [1.29, 1.82) is 0 Å². The van der Waals surface area contributed by atoms with Gasteiger partial charge >= 0.3 is 18.0 Å². The molecule has 0 fully saturated rings. The standard InChI is InChI=1S/C14H27NO6Si/c1-14(2,3)9(11(16)17)10(12(18)19)15-13(20)21-7-8-22(4,5)6/h9-10H,7-8H2,1-6H3,(H,15,20)(H,16,17)(H,18,19)/t9?,10-/m0/s1. The Kier molecular flexibility index (Phi) is 7.07. The van der Waals surface area contributed by atoms with E-state index in [0.29, 0.717) is 0 Å². The number of carbonyl (C=O) groups is 3. The predicted molar refractivity (Wildman–Crippen MR) is 84.6 cm³/mol. The van der Waals surface area contributed by atoms with Gasteiger partial charge in [-0.25, -0.2) is 9.59 Å². The molecule has 0 heterocycles. The first-order valence-electron chi connectivity index (χ1n) is 7.14. The Bertz CT molecular complexity index is 424. The van der Waals surface area contributed by atoms with Gasteiger partial charge in [-0.3, -0.25) is 4.79 Å². The number of carbonyl (C=O) groups excluding carboxylic acids is 1. The molecule has 2 atom stereocenters. The number of hydrogen-bond acceptors (Lipinski definition) is 4. The molecule has 7 nitrogen and oxygen atoms in total. The summed E-state index contributed by atoms with van der Waals surface area (Å²) < 4.78 is 4.97. The quantitative estimate of drug-likeness (QED) is 0.616. The molecule has 0 rings (SSSR count). The molecule has 0 aromatic carbocycles. The van der Waals surface area contributed by atoms with Crippen LogP contribution in [0.15, 0.2) is 0 Å². The number of hydrogen-bond donors (Lipinski definition) is 3. The van der Waals surface area contributed by atoms with E-state index in [1.165, 1.54) is 0 Å². The zero-order chi connectivity index (χ0) is 17.7. The van der Waals surface area contributed by atoms with Crippen LogP contribution < -0.4 is 5.32 Å². The Labute approximate surface area is 132 Å².